The van der Waals surface area contributed by atoms with Crippen molar-refractivity contribution >= 4 is 0 Å². The van der Waals surface area contributed by atoms with Crippen molar-refractivity contribution in [3.63, 3.8) is 0 Å². The highest BCUT2D eigenvalue weighted by molar-refractivity contribution is 5.15. The van der Waals surface area contributed by atoms with Crippen LogP contribution in [0.2, 0.25) is 0 Å². The molecule has 0 amide bonds. The molecule has 0 saturated heterocycles. The molecule has 0 radical (unpaired) electrons. The summed E-state index contributed by atoms with van der Waals surface area (Å²) < 4.78 is 5.51. The Morgan fingerprint density at radius 2 is 1.52 bits per heavy atom. The second kappa shape index (κ2) is 9.29. The molecular formula is C18H23NO2. The van der Waals surface area contributed by atoms with E-state index in [-0.39, 0.29) is 0 Å². The minimum absolute atomic E-state index is 0.354. The molecule has 2 rings (SSSR count). The minimum Gasteiger partial charge on any atom is -0.389 e. The first-order chi connectivity index (χ1) is 10.3. The highest BCUT2D eigenvalue weighted by Crippen LogP contribution is 2.01. The van der Waals surface area contributed by atoms with Gasteiger partial charge in [0.25, 0.3) is 0 Å². The molecule has 2 aromatic rings. The van der Waals surface area contributed by atoms with Gasteiger partial charge in [-0.2, -0.15) is 0 Å². The van der Waals surface area contributed by atoms with Crippen LogP contribution in [-0.4, -0.2) is 30.9 Å². The van der Waals surface area contributed by atoms with E-state index in [1.807, 2.05) is 48.5 Å². The van der Waals surface area contributed by atoms with Crippen LogP contribution in [0.5, 0.6) is 0 Å². The summed E-state index contributed by atoms with van der Waals surface area (Å²) in [4.78, 5) is 0. The van der Waals surface area contributed by atoms with Crippen molar-refractivity contribution in [3.8, 4) is 0 Å². The standard InChI is InChI=1S/C18H23NO2/c20-18(15-21-14-17-9-5-2-6-10-17)13-19-12-11-16-7-3-1-4-8-16/h1-10,18-20H,11-15H2/t18-/m1/s1. The molecule has 0 saturated carbocycles. The maximum absolute atomic E-state index is 9.84. The van der Waals surface area contributed by atoms with E-state index in [0.29, 0.717) is 19.8 Å². The van der Waals surface area contributed by atoms with Gasteiger partial charge in [0.1, 0.15) is 0 Å². The van der Waals surface area contributed by atoms with Crippen LogP contribution in [0, 0.1) is 0 Å². The Morgan fingerprint density at radius 3 is 2.19 bits per heavy atom. The molecular weight excluding hydrogens is 262 g/mol. The van der Waals surface area contributed by atoms with E-state index in [0.717, 1.165) is 18.5 Å². The largest absolute Gasteiger partial charge is 0.389 e. The van der Waals surface area contributed by atoms with E-state index in [1.54, 1.807) is 0 Å². The molecule has 3 heteroatoms. The first-order valence-corrected chi connectivity index (χ1v) is 7.39. The number of rotatable bonds is 9. The number of nitrogens with one attached hydrogen (secondary N) is 1. The molecule has 2 N–H and O–H groups in total. The van der Waals surface area contributed by atoms with E-state index in [4.69, 9.17) is 4.74 Å². The molecule has 0 aliphatic rings. The predicted molar refractivity (Wildman–Crippen MR) is 85.1 cm³/mol. The van der Waals surface area contributed by atoms with Gasteiger partial charge in [0.05, 0.1) is 19.3 Å². The van der Waals surface area contributed by atoms with E-state index >= 15 is 0 Å². The summed E-state index contributed by atoms with van der Waals surface area (Å²) in [6, 6.07) is 20.3. The highest BCUT2D eigenvalue weighted by Gasteiger charge is 2.03. The number of benzene rings is 2. The van der Waals surface area contributed by atoms with Gasteiger partial charge in [0.15, 0.2) is 0 Å². The fourth-order valence-electron chi connectivity index (χ4n) is 2.09. The molecule has 0 aliphatic carbocycles. The summed E-state index contributed by atoms with van der Waals surface area (Å²) >= 11 is 0. The predicted octanol–water partition coefficient (Wildman–Crippen LogP) is 2.40. The highest BCUT2D eigenvalue weighted by atomic mass is 16.5. The molecule has 3 nitrogen and oxygen atoms in total. The maximum Gasteiger partial charge on any atom is 0.0897 e. The van der Waals surface area contributed by atoms with Crippen LogP contribution in [0.4, 0.5) is 0 Å². The Kier molecular flexibility index (Phi) is 6.95. The summed E-state index contributed by atoms with van der Waals surface area (Å²) in [6.45, 7) is 2.32. The van der Waals surface area contributed by atoms with Gasteiger partial charge in [-0.15, -0.1) is 0 Å². The molecule has 0 bridgehead atoms. The third-order valence-electron chi connectivity index (χ3n) is 3.24. The quantitative estimate of drug-likeness (QED) is 0.695. The van der Waals surface area contributed by atoms with Crippen LogP contribution in [0.1, 0.15) is 11.1 Å². The van der Waals surface area contributed by atoms with Crippen molar-refractivity contribution in [3.05, 3.63) is 71.8 Å². The van der Waals surface area contributed by atoms with Gasteiger partial charge in [-0.1, -0.05) is 60.7 Å². The number of aliphatic hydroxyl groups excluding tert-OH is 1. The molecule has 0 unspecified atom stereocenters. The van der Waals surface area contributed by atoms with Crippen LogP contribution in [0.25, 0.3) is 0 Å². The SMILES string of the molecule is O[C@H](CNCCc1ccccc1)COCc1ccccc1. The Balaban J connectivity index is 1.52. The van der Waals surface area contributed by atoms with Gasteiger partial charge in [-0.05, 0) is 24.1 Å². The lowest BCUT2D eigenvalue weighted by Gasteiger charge is -2.12. The van der Waals surface area contributed by atoms with Crippen molar-refractivity contribution in [2.45, 2.75) is 19.1 Å². The van der Waals surface area contributed by atoms with Crippen LogP contribution in [-0.2, 0) is 17.8 Å². The fourth-order valence-corrected chi connectivity index (χ4v) is 2.09. The molecule has 0 aliphatic heterocycles. The number of hydrogen-bond acceptors (Lipinski definition) is 3. The molecule has 1 atom stereocenters. The topological polar surface area (TPSA) is 41.5 Å². The molecule has 2 aromatic carbocycles. The van der Waals surface area contributed by atoms with Gasteiger partial charge in [0.2, 0.25) is 0 Å². The smallest absolute Gasteiger partial charge is 0.0897 e. The van der Waals surface area contributed by atoms with Crippen LogP contribution < -0.4 is 5.32 Å². The van der Waals surface area contributed by atoms with Gasteiger partial charge in [-0.25, -0.2) is 0 Å². The Morgan fingerprint density at radius 1 is 0.905 bits per heavy atom. The molecule has 0 spiro atoms. The lowest BCUT2D eigenvalue weighted by molar-refractivity contribution is 0.0290. The zero-order valence-corrected chi connectivity index (χ0v) is 12.2. The number of aliphatic hydroxyl groups is 1. The van der Waals surface area contributed by atoms with E-state index in [1.165, 1.54) is 5.56 Å². The summed E-state index contributed by atoms with van der Waals surface area (Å²) in [7, 11) is 0. The first-order valence-electron chi connectivity index (χ1n) is 7.39. The lowest BCUT2D eigenvalue weighted by Crippen LogP contribution is -2.31. The van der Waals surface area contributed by atoms with Gasteiger partial charge < -0.3 is 15.2 Å². The summed E-state index contributed by atoms with van der Waals surface area (Å²) in [5.41, 5.74) is 2.43. The van der Waals surface area contributed by atoms with E-state index in [2.05, 4.69) is 17.4 Å². The molecule has 0 aromatic heterocycles. The van der Waals surface area contributed by atoms with E-state index in [9.17, 15) is 5.11 Å². The zero-order valence-electron chi connectivity index (χ0n) is 12.2. The van der Waals surface area contributed by atoms with Crippen molar-refractivity contribution in [2.24, 2.45) is 0 Å². The van der Waals surface area contributed by atoms with Crippen LogP contribution in [0.3, 0.4) is 0 Å². The summed E-state index contributed by atoms with van der Waals surface area (Å²) in [5, 5.41) is 13.1. The Hall–Kier alpha value is -1.68. The minimum atomic E-state index is -0.468. The van der Waals surface area contributed by atoms with Crippen molar-refractivity contribution in [1.29, 1.82) is 0 Å². The van der Waals surface area contributed by atoms with Crippen LogP contribution >= 0.6 is 0 Å². The van der Waals surface area contributed by atoms with E-state index < -0.39 is 6.10 Å². The Labute approximate surface area is 126 Å². The molecule has 0 heterocycles. The van der Waals surface area contributed by atoms with Gasteiger partial charge >= 0.3 is 0 Å². The third kappa shape index (κ3) is 6.54. The maximum atomic E-state index is 9.84. The number of ether oxygens (including phenoxy) is 1. The normalized spacial score (nSPS) is 12.2. The summed E-state index contributed by atoms with van der Waals surface area (Å²) in [5.74, 6) is 0. The zero-order chi connectivity index (χ0) is 14.8. The van der Waals surface area contributed by atoms with Gasteiger partial charge in [0, 0.05) is 6.54 Å². The average Bonchev–Trinajstić information content (AvgIpc) is 2.54. The van der Waals surface area contributed by atoms with Gasteiger partial charge in [-0.3, -0.25) is 0 Å². The van der Waals surface area contributed by atoms with Crippen molar-refractivity contribution < 1.29 is 9.84 Å². The second-order valence-electron chi connectivity index (χ2n) is 5.09. The van der Waals surface area contributed by atoms with Crippen molar-refractivity contribution in [1.82, 2.24) is 5.32 Å². The first kappa shape index (κ1) is 15.7. The third-order valence-corrected chi connectivity index (χ3v) is 3.24. The lowest BCUT2D eigenvalue weighted by atomic mass is 10.1. The van der Waals surface area contributed by atoms with Crippen LogP contribution in [0.15, 0.2) is 60.7 Å². The monoisotopic (exact) mass is 285 g/mol. The Bertz CT molecular complexity index is 487. The number of hydrogen-bond donors (Lipinski definition) is 2. The second-order valence-corrected chi connectivity index (χ2v) is 5.09. The molecule has 112 valence electrons. The average molecular weight is 285 g/mol. The molecule has 0 fully saturated rings. The fraction of sp³-hybridized carbons (Fsp3) is 0.333. The van der Waals surface area contributed by atoms with Crippen molar-refractivity contribution in [2.75, 3.05) is 19.7 Å². The molecule has 21 heavy (non-hydrogen) atoms. The summed E-state index contributed by atoms with van der Waals surface area (Å²) in [6.07, 6.45) is 0.503.